The predicted octanol–water partition coefficient (Wildman–Crippen LogP) is 1.19. The molecule has 2 N–H and O–H groups in total. The lowest BCUT2D eigenvalue weighted by atomic mass is 9.75. The highest BCUT2D eigenvalue weighted by Crippen LogP contribution is 2.37. The summed E-state index contributed by atoms with van der Waals surface area (Å²) in [4.78, 5) is 13.8. The Kier molecular flexibility index (Phi) is 3.71. The Balaban J connectivity index is 2.42. The van der Waals surface area contributed by atoms with Crippen LogP contribution in [0.25, 0.3) is 0 Å². The standard InChI is InChI=1S/C15H22N2O/c1-4-15(10-16-3)9-13-7-5-6-8-14(13)17(11-15)12(2)18/h5-8,16H,4,9-11H2,1-3H3/p+1. The number of quaternary nitrogens is 1. The largest absolute Gasteiger partial charge is 0.348 e. The Hall–Kier alpha value is -1.35. The number of carbonyl (C=O) groups excluding carboxylic acids is 1. The quantitative estimate of drug-likeness (QED) is 0.856. The highest BCUT2D eigenvalue weighted by Gasteiger charge is 2.38. The summed E-state index contributed by atoms with van der Waals surface area (Å²) in [5, 5.41) is 2.23. The molecule has 0 radical (unpaired) electrons. The topological polar surface area (TPSA) is 36.9 Å². The lowest BCUT2D eigenvalue weighted by Crippen LogP contribution is -2.84. The van der Waals surface area contributed by atoms with Gasteiger partial charge in [-0.05, 0) is 24.5 Å². The molecule has 0 spiro atoms. The van der Waals surface area contributed by atoms with Crippen molar-refractivity contribution in [1.82, 2.24) is 0 Å². The maximum Gasteiger partial charge on any atom is 0.223 e. The summed E-state index contributed by atoms with van der Waals surface area (Å²) in [6.45, 7) is 5.82. The van der Waals surface area contributed by atoms with Crippen molar-refractivity contribution in [3.8, 4) is 0 Å². The van der Waals surface area contributed by atoms with E-state index < -0.39 is 0 Å². The summed E-state index contributed by atoms with van der Waals surface area (Å²) >= 11 is 0. The average molecular weight is 247 g/mol. The van der Waals surface area contributed by atoms with Crippen molar-refractivity contribution in [2.75, 3.05) is 25.0 Å². The first-order valence-electron chi connectivity index (χ1n) is 6.76. The Labute approximate surface area is 109 Å². The van der Waals surface area contributed by atoms with Crippen LogP contribution in [0.15, 0.2) is 24.3 Å². The maximum atomic E-state index is 11.9. The van der Waals surface area contributed by atoms with Crippen molar-refractivity contribution < 1.29 is 10.1 Å². The molecule has 3 nitrogen and oxygen atoms in total. The first-order valence-corrected chi connectivity index (χ1v) is 6.76. The number of fused-ring (bicyclic) bond motifs is 1. The second-order valence-electron chi connectivity index (χ2n) is 5.38. The molecule has 0 aromatic heterocycles. The smallest absolute Gasteiger partial charge is 0.223 e. The van der Waals surface area contributed by atoms with Gasteiger partial charge >= 0.3 is 0 Å². The molecule has 1 atom stereocenters. The summed E-state index contributed by atoms with van der Waals surface area (Å²) in [6, 6.07) is 8.30. The van der Waals surface area contributed by atoms with Crippen molar-refractivity contribution in [3.63, 3.8) is 0 Å². The first kappa shape index (κ1) is 13.1. The third-order valence-electron chi connectivity index (χ3n) is 4.11. The number of hydrogen-bond acceptors (Lipinski definition) is 1. The van der Waals surface area contributed by atoms with Gasteiger partial charge in [-0.3, -0.25) is 4.79 Å². The van der Waals surface area contributed by atoms with Crippen LogP contribution in [0.3, 0.4) is 0 Å². The molecule has 1 aliphatic rings. The molecule has 1 amide bonds. The summed E-state index contributed by atoms with van der Waals surface area (Å²) in [7, 11) is 2.11. The fourth-order valence-corrected chi connectivity index (χ4v) is 3.04. The van der Waals surface area contributed by atoms with Crippen LogP contribution in [0.2, 0.25) is 0 Å². The average Bonchev–Trinajstić information content (AvgIpc) is 2.38. The van der Waals surface area contributed by atoms with Crippen molar-refractivity contribution in [1.29, 1.82) is 0 Å². The molecule has 1 aliphatic heterocycles. The number of nitrogens with zero attached hydrogens (tertiary/aromatic N) is 1. The summed E-state index contributed by atoms with van der Waals surface area (Å²) < 4.78 is 0. The van der Waals surface area contributed by atoms with Crippen LogP contribution < -0.4 is 10.2 Å². The van der Waals surface area contributed by atoms with Gasteiger partial charge < -0.3 is 10.2 Å². The fourth-order valence-electron chi connectivity index (χ4n) is 3.04. The number of benzene rings is 1. The van der Waals surface area contributed by atoms with Gasteiger partial charge in [-0.25, -0.2) is 0 Å². The van der Waals surface area contributed by atoms with Crippen LogP contribution >= 0.6 is 0 Å². The summed E-state index contributed by atoms with van der Waals surface area (Å²) in [5.41, 5.74) is 2.63. The number of rotatable bonds is 3. The number of anilines is 1. The normalized spacial score (nSPS) is 22.7. The first-order chi connectivity index (χ1) is 8.62. The molecular formula is C15H23N2O+. The van der Waals surface area contributed by atoms with E-state index in [-0.39, 0.29) is 11.3 Å². The number of carbonyl (C=O) groups is 1. The molecule has 1 heterocycles. The molecule has 1 aromatic carbocycles. The van der Waals surface area contributed by atoms with E-state index in [1.54, 1.807) is 6.92 Å². The lowest BCUT2D eigenvalue weighted by molar-refractivity contribution is -0.639. The molecule has 0 saturated heterocycles. The maximum absolute atomic E-state index is 11.9. The van der Waals surface area contributed by atoms with Gasteiger partial charge in [-0.15, -0.1) is 0 Å². The summed E-state index contributed by atoms with van der Waals surface area (Å²) in [5.74, 6) is 0.149. The molecule has 0 aliphatic carbocycles. The monoisotopic (exact) mass is 247 g/mol. The number of para-hydroxylation sites is 1. The number of nitrogens with two attached hydrogens (primary N) is 1. The molecule has 0 saturated carbocycles. The zero-order valence-corrected chi connectivity index (χ0v) is 11.6. The van der Waals surface area contributed by atoms with E-state index in [1.165, 1.54) is 5.56 Å². The van der Waals surface area contributed by atoms with Gasteiger partial charge in [0.15, 0.2) is 0 Å². The van der Waals surface area contributed by atoms with E-state index in [0.717, 1.165) is 31.6 Å². The second-order valence-corrected chi connectivity index (χ2v) is 5.38. The van der Waals surface area contributed by atoms with E-state index in [0.29, 0.717) is 0 Å². The van der Waals surface area contributed by atoms with Gasteiger partial charge in [0.05, 0.1) is 13.6 Å². The molecule has 18 heavy (non-hydrogen) atoms. The highest BCUT2D eigenvalue weighted by molar-refractivity contribution is 5.93. The van der Waals surface area contributed by atoms with Crippen LogP contribution in [-0.2, 0) is 11.2 Å². The Morgan fingerprint density at radius 3 is 2.78 bits per heavy atom. The molecule has 98 valence electrons. The van der Waals surface area contributed by atoms with Gasteiger partial charge in [-0.1, -0.05) is 25.1 Å². The van der Waals surface area contributed by atoms with Gasteiger partial charge in [0, 0.05) is 24.6 Å². The van der Waals surface area contributed by atoms with E-state index in [1.807, 2.05) is 11.0 Å². The Bertz CT molecular complexity index is 444. The Morgan fingerprint density at radius 2 is 2.17 bits per heavy atom. The van der Waals surface area contributed by atoms with Crippen LogP contribution in [0.5, 0.6) is 0 Å². The van der Waals surface area contributed by atoms with Crippen molar-refractivity contribution >= 4 is 11.6 Å². The molecule has 3 heteroatoms. The minimum absolute atomic E-state index is 0.149. The second kappa shape index (κ2) is 5.11. The van der Waals surface area contributed by atoms with Gasteiger partial charge in [0.25, 0.3) is 0 Å². The van der Waals surface area contributed by atoms with Crippen molar-refractivity contribution in [2.45, 2.75) is 26.7 Å². The third-order valence-corrected chi connectivity index (χ3v) is 4.11. The summed E-state index contributed by atoms with van der Waals surface area (Å²) in [6.07, 6.45) is 2.18. The SMILES string of the molecule is CCC1(C[NH2+]C)Cc2ccccc2N(C(C)=O)C1. The fraction of sp³-hybridized carbons (Fsp3) is 0.533. The lowest BCUT2D eigenvalue weighted by Gasteiger charge is -2.41. The molecule has 1 aromatic rings. The molecule has 0 bridgehead atoms. The predicted molar refractivity (Wildman–Crippen MR) is 73.6 cm³/mol. The van der Waals surface area contributed by atoms with Crippen LogP contribution in [0.1, 0.15) is 25.8 Å². The van der Waals surface area contributed by atoms with E-state index >= 15 is 0 Å². The van der Waals surface area contributed by atoms with Gasteiger partial charge in [0.1, 0.15) is 0 Å². The van der Waals surface area contributed by atoms with Crippen molar-refractivity contribution in [3.05, 3.63) is 29.8 Å². The van der Waals surface area contributed by atoms with E-state index in [4.69, 9.17) is 0 Å². The number of hydrogen-bond donors (Lipinski definition) is 1. The number of amides is 1. The minimum atomic E-state index is 0.149. The van der Waals surface area contributed by atoms with Gasteiger partial charge in [0.2, 0.25) is 5.91 Å². The van der Waals surface area contributed by atoms with Crippen LogP contribution in [0, 0.1) is 5.41 Å². The van der Waals surface area contributed by atoms with Crippen molar-refractivity contribution in [2.24, 2.45) is 5.41 Å². The zero-order valence-electron chi connectivity index (χ0n) is 11.6. The molecule has 2 rings (SSSR count). The van der Waals surface area contributed by atoms with Crippen LogP contribution in [-0.4, -0.2) is 26.0 Å². The van der Waals surface area contributed by atoms with Crippen LogP contribution in [0.4, 0.5) is 5.69 Å². The van der Waals surface area contributed by atoms with E-state index in [2.05, 4.69) is 37.5 Å². The van der Waals surface area contributed by atoms with Gasteiger partial charge in [-0.2, -0.15) is 0 Å². The third kappa shape index (κ3) is 2.27. The molecule has 1 unspecified atom stereocenters. The zero-order chi connectivity index (χ0) is 13.2. The minimum Gasteiger partial charge on any atom is -0.348 e. The Morgan fingerprint density at radius 1 is 1.44 bits per heavy atom. The van der Waals surface area contributed by atoms with E-state index in [9.17, 15) is 4.79 Å². The molecule has 0 fully saturated rings. The molecular weight excluding hydrogens is 224 g/mol. The highest BCUT2D eigenvalue weighted by atomic mass is 16.2.